The average molecular weight is 238 g/mol. The molecular weight excluding hydrogens is 208 g/mol. The first-order chi connectivity index (χ1) is 8.31. The highest BCUT2D eigenvalue weighted by Crippen LogP contribution is 2.26. The molecule has 1 heterocycles. The lowest BCUT2D eigenvalue weighted by atomic mass is 9.98. The lowest BCUT2D eigenvalue weighted by molar-refractivity contribution is 0.166. The van der Waals surface area contributed by atoms with Gasteiger partial charge in [0.25, 0.3) is 0 Å². The maximum absolute atomic E-state index is 6.39. The van der Waals surface area contributed by atoms with Gasteiger partial charge in [-0.3, -0.25) is 4.90 Å². The highest BCUT2D eigenvalue weighted by atomic mass is 15.2. The van der Waals surface area contributed by atoms with Crippen molar-refractivity contribution in [3.63, 3.8) is 0 Å². The Morgan fingerprint density at radius 1 is 0.941 bits per heavy atom. The smallest absolute Gasteiger partial charge is 0.0247 e. The topological polar surface area (TPSA) is 29.3 Å². The van der Waals surface area contributed by atoms with Crippen LogP contribution in [0.3, 0.4) is 0 Å². The number of hydrogen-bond donors (Lipinski definition) is 1. The molecule has 0 radical (unpaired) electrons. The van der Waals surface area contributed by atoms with E-state index in [1.165, 1.54) is 70.9 Å². The first kappa shape index (κ1) is 13.4. The van der Waals surface area contributed by atoms with Crippen molar-refractivity contribution in [2.45, 2.75) is 76.8 Å². The van der Waals surface area contributed by atoms with Crippen LogP contribution in [0, 0.1) is 5.92 Å². The van der Waals surface area contributed by atoms with Crippen molar-refractivity contribution in [2.24, 2.45) is 11.7 Å². The standard InChI is InChI=1S/C15H30N2/c1-2-13-7-6-11-17(12-10-13)15-9-5-3-4-8-14(15)16/h13-15H,2-12,16H2,1H3. The summed E-state index contributed by atoms with van der Waals surface area (Å²) in [6, 6.07) is 1.13. The Kier molecular flexibility index (Phi) is 5.30. The Bertz CT molecular complexity index is 217. The van der Waals surface area contributed by atoms with Crippen LogP contribution in [0.15, 0.2) is 0 Å². The van der Waals surface area contributed by atoms with E-state index in [0.717, 1.165) is 5.92 Å². The van der Waals surface area contributed by atoms with Gasteiger partial charge in [0.05, 0.1) is 0 Å². The van der Waals surface area contributed by atoms with Crippen molar-refractivity contribution in [2.75, 3.05) is 13.1 Å². The summed E-state index contributed by atoms with van der Waals surface area (Å²) < 4.78 is 0. The molecular formula is C15H30N2. The van der Waals surface area contributed by atoms with Crippen LogP contribution in [0.5, 0.6) is 0 Å². The van der Waals surface area contributed by atoms with Crippen molar-refractivity contribution in [1.82, 2.24) is 4.90 Å². The molecule has 0 aromatic carbocycles. The van der Waals surface area contributed by atoms with Crippen LogP contribution in [0.2, 0.25) is 0 Å². The fourth-order valence-electron chi connectivity index (χ4n) is 3.70. The summed E-state index contributed by atoms with van der Waals surface area (Å²) in [6.07, 6.45) is 12.3. The van der Waals surface area contributed by atoms with E-state index in [1.54, 1.807) is 0 Å². The van der Waals surface area contributed by atoms with E-state index in [-0.39, 0.29) is 0 Å². The molecule has 17 heavy (non-hydrogen) atoms. The lowest BCUT2D eigenvalue weighted by Crippen LogP contribution is -2.47. The van der Waals surface area contributed by atoms with Crippen LogP contribution < -0.4 is 5.73 Å². The van der Waals surface area contributed by atoms with Gasteiger partial charge >= 0.3 is 0 Å². The Hall–Kier alpha value is -0.0800. The molecule has 1 saturated carbocycles. The third-order valence-corrected chi connectivity index (χ3v) is 4.96. The molecule has 0 amide bonds. The zero-order valence-corrected chi connectivity index (χ0v) is 11.5. The number of nitrogens with zero attached hydrogens (tertiary/aromatic N) is 1. The first-order valence-electron chi connectivity index (χ1n) is 7.81. The van der Waals surface area contributed by atoms with Crippen LogP contribution in [-0.4, -0.2) is 30.1 Å². The lowest BCUT2D eigenvalue weighted by Gasteiger charge is -2.33. The van der Waals surface area contributed by atoms with Crippen molar-refractivity contribution < 1.29 is 0 Å². The maximum Gasteiger partial charge on any atom is 0.0247 e. The van der Waals surface area contributed by atoms with Gasteiger partial charge < -0.3 is 5.73 Å². The number of hydrogen-bond acceptors (Lipinski definition) is 2. The second kappa shape index (κ2) is 6.75. The fraction of sp³-hybridized carbons (Fsp3) is 1.00. The van der Waals surface area contributed by atoms with Crippen molar-refractivity contribution in [3.05, 3.63) is 0 Å². The van der Waals surface area contributed by atoms with Crippen molar-refractivity contribution >= 4 is 0 Å². The molecule has 3 unspecified atom stereocenters. The zero-order valence-electron chi connectivity index (χ0n) is 11.5. The van der Waals surface area contributed by atoms with Gasteiger partial charge in [-0.15, -0.1) is 0 Å². The Morgan fingerprint density at radius 2 is 1.76 bits per heavy atom. The SMILES string of the molecule is CCC1CCCN(C2CCCCCC2N)CC1. The molecule has 0 aromatic rings. The normalized spacial score (nSPS) is 37.4. The van der Waals surface area contributed by atoms with Crippen LogP contribution in [0.4, 0.5) is 0 Å². The quantitative estimate of drug-likeness (QED) is 0.749. The Morgan fingerprint density at radius 3 is 2.59 bits per heavy atom. The predicted molar refractivity (Wildman–Crippen MR) is 74.1 cm³/mol. The molecule has 0 aromatic heterocycles. The van der Waals surface area contributed by atoms with Gasteiger partial charge in [-0.2, -0.15) is 0 Å². The molecule has 2 heteroatoms. The molecule has 2 rings (SSSR count). The van der Waals surface area contributed by atoms with Gasteiger partial charge in [-0.05, 0) is 51.1 Å². The molecule has 2 N–H and O–H groups in total. The van der Waals surface area contributed by atoms with Gasteiger partial charge in [0.2, 0.25) is 0 Å². The van der Waals surface area contributed by atoms with E-state index < -0.39 is 0 Å². The monoisotopic (exact) mass is 238 g/mol. The van der Waals surface area contributed by atoms with Crippen molar-refractivity contribution in [3.8, 4) is 0 Å². The minimum atomic E-state index is 0.440. The van der Waals surface area contributed by atoms with Gasteiger partial charge in [-0.1, -0.05) is 32.6 Å². The largest absolute Gasteiger partial charge is 0.326 e. The second-order valence-corrected chi connectivity index (χ2v) is 6.11. The summed E-state index contributed by atoms with van der Waals surface area (Å²) >= 11 is 0. The van der Waals surface area contributed by atoms with Crippen LogP contribution in [0.25, 0.3) is 0 Å². The van der Waals surface area contributed by atoms with Crippen LogP contribution in [-0.2, 0) is 0 Å². The summed E-state index contributed by atoms with van der Waals surface area (Å²) in [5.74, 6) is 0.974. The molecule has 1 aliphatic heterocycles. The maximum atomic E-state index is 6.39. The van der Waals surface area contributed by atoms with Crippen molar-refractivity contribution in [1.29, 1.82) is 0 Å². The summed E-state index contributed by atoms with van der Waals surface area (Å²) in [4.78, 5) is 2.73. The summed E-state index contributed by atoms with van der Waals surface area (Å²) in [5.41, 5.74) is 6.39. The van der Waals surface area contributed by atoms with E-state index in [9.17, 15) is 0 Å². The molecule has 0 bridgehead atoms. The molecule has 2 fully saturated rings. The molecule has 2 aliphatic rings. The Labute approximate surface area is 107 Å². The fourth-order valence-corrected chi connectivity index (χ4v) is 3.70. The third-order valence-electron chi connectivity index (χ3n) is 4.96. The van der Waals surface area contributed by atoms with Gasteiger partial charge in [0, 0.05) is 12.1 Å². The molecule has 100 valence electrons. The molecule has 2 nitrogen and oxygen atoms in total. The van der Waals surface area contributed by atoms with E-state index >= 15 is 0 Å². The molecule has 0 spiro atoms. The summed E-state index contributed by atoms with van der Waals surface area (Å²) in [5, 5.41) is 0. The first-order valence-corrected chi connectivity index (χ1v) is 7.81. The average Bonchev–Trinajstić information content (AvgIpc) is 2.68. The zero-order chi connectivity index (χ0) is 12.1. The Balaban J connectivity index is 1.91. The van der Waals surface area contributed by atoms with E-state index in [2.05, 4.69) is 11.8 Å². The second-order valence-electron chi connectivity index (χ2n) is 6.11. The number of nitrogens with two attached hydrogens (primary N) is 1. The van der Waals surface area contributed by atoms with Crippen LogP contribution in [0.1, 0.15) is 64.7 Å². The van der Waals surface area contributed by atoms with E-state index in [4.69, 9.17) is 5.73 Å². The highest BCUT2D eigenvalue weighted by molar-refractivity contribution is 4.86. The van der Waals surface area contributed by atoms with E-state index in [1.807, 2.05) is 0 Å². The molecule has 3 atom stereocenters. The minimum Gasteiger partial charge on any atom is -0.326 e. The number of rotatable bonds is 2. The third kappa shape index (κ3) is 3.69. The molecule has 1 saturated heterocycles. The van der Waals surface area contributed by atoms with Crippen LogP contribution >= 0.6 is 0 Å². The van der Waals surface area contributed by atoms with Gasteiger partial charge in [0.1, 0.15) is 0 Å². The highest BCUT2D eigenvalue weighted by Gasteiger charge is 2.27. The molecule has 1 aliphatic carbocycles. The minimum absolute atomic E-state index is 0.440. The van der Waals surface area contributed by atoms with Gasteiger partial charge in [0.15, 0.2) is 0 Å². The summed E-state index contributed by atoms with van der Waals surface area (Å²) in [7, 11) is 0. The summed E-state index contributed by atoms with van der Waals surface area (Å²) in [6.45, 7) is 4.95. The van der Waals surface area contributed by atoms with E-state index in [0.29, 0.717) is 12.1 Å². The van der Waals surface area contributed by atoms with Gasteiger partial charge in [-0.25, -0.2) is 0 Å². The number of likely N-dealkylation sites (tertiary alicyclic amines) is 1. The predicted octanol–water partition coefficient (Wildman–Crippen LogP) is 3.16.